The third-order valence-corrected chi connectivity index (χ3v) is 2.57. The summed E-state index contributed by atoms with van der Waals surface area (Å²) in [6.45, 7) is 1.64. The minimum atomic E-state index is -1.54. The normalized spacial score (nSPS) is 10.2. The van der Waals surface area contributed by atoms with Crippen molar-refractivity contribution in [2.75, 3.05) is 6.26 Å². The van der Waals surface area contributed by atoms with Gasteiger partial charge in [-0.2, -0.15) is 0 Å². The highest BCUT2D eigenvalue weighted by atomic mass is 32.2. The lowest BCUT2D eigenvalue weighted by Crippen LogP contribution is -2.32. The average Bonchev–Trinajstić information content (AvgIpc) is 2.03. The first kappa shape index (κ1) is 10.6. The molecule has 0 aromatic heterocycles. The van der Waals surface area contributed by atoms with Gasteiger partial charge in [0.05, 0.1) is 0 Å². The topological polar surface area (TPSA) is 40.5 Å². The Bertz CT molecular complexity index is 317. The van der Waals surface area contributed by atoms with Gasteiger partial charge < -0.3 is 10.0 Å². The second kappa shape index (κ2) is 4.13. The second-order valence-corrected chi connectivity index (χ2v) is 3.57. The van der Waals surface area contributed by atoms with E-state index in [1.807, 2.05) is 0 Å². The van der Waals surface area contributed by atoms with Crippen molar-refractivity contribution >= 4 is 24.3 Å². The van der Waals surface area contributed by atoms with E-state index >= 15 is 0 Å². The molecule has 0 heterocycles. The van der Waals surface area contributed by atoms with Gasteiger partial charge in [0.25, 0.3) is 0 Å². The van der Waals surface area contributed by atoms with Crippen LogP contribution in [0.2, 0.25) is 0 Å². The molecule has 0 atom stereocenters. The van der Waals surface area contributed by atoms with Gasteiger partial charge in [0.1, 0.15) is 5.82 Å². The molecule has 0 bridgehead atoms. The molecule has 0 radical (unpaired) electrons. The number of hydrogen-bond acceptors (Lipinski definition) is 3. The van der Waals surface area contributed by atoms with Gasteiger partial charge in [-0.25, -0.2) is 4.39 Å². The fraction of sp³-hybridized carbons (Fsp3) is 0.250. The van der Waals surface area contributed by atoms with Crippen LogP contribution in [0.1, 0.15) is 5.56 Å². The molecular formula is C8H10BFO2S. The van der Waals surface area contributed by atoms with E-state index in [0.29, 0.717) is 15.9 Å². The van der Waals surface area contributed by atoms with Crippen molar-refractivity contribution in [3.8, 4) is 0 Å². The van der Waals surface area contributed by atoms with Gasteiger partial charge in [-0.1, -0.05) is 0 Å². The van der Waals surface area contributed by atoms with Gasteiger partial charge in [-0.15, -0.1) is 11.8 Å². The van der Waals surface area contributed by atoms with Crippen molar-refractivity contribution in [3.05, 3.63) is 23.5 Å². The lowest BCUT2D eigenvalue weighted by Gasteiger charge is -2.07. The molecule has 0 saturated carbocycles. The monoisotopic (exact) mass is 200 g/mol. The highest BCUT2D eigenvalue weighted by Gasteiger charge is 2.16. The Balaban J connectivity index is 3.22. The van der Waals surface area contributed by atoms with Crippen LogP contribution in [0.25, 0.3) is 0 Å². The van der Waals surface area contributed by atoms with E-state index in [2.05, 4.69) is 0 Å². The third kappa shape index (κ3) is 2.24. The van der Waals surface area contributed by atoms with E-state index in [-0.39, 0.29) is 5.82 Å². The Labute approximate surface area is 80.9 Å². The lowest BCUT2D eigenvalue weighted by molar-refractivity contribution is 0.425. The summed E-state index contributed by atoms with van der Waals surface area (Å²) in [6, 6.07) is 2.76. The fourth-order valence-electron chi connectivity index (χ4n) is 1.10. The van der Waals surface area contributed by atoms with Crippen molar-refractivity contribution < 1.29 is 14.4 Å². The largest absolute Gasteiger partial charge is 0.488 e. The zero-order valence-corrected chi connectivity index (χ0v) is 8.23. The molecular weight excluding hydrogens is 190 g/mol. The summed E-state index contributed by atoms with van der Waals surface area (Å²) in [5.41, 5.74) is 0.899. The maximum Gasteiger partial charge on any atom is 0.488 e. The zero-order valence-electron chi connectivity index (χ0n) is 7.41. The standard InChI is InChI=1S/C8H10BFO2S/c1-5-3-7(10)8(13-2)4-6(5)9(11)12/h3-4,11-12H,1-2H3. The molecule has 0 aliphatic rings. The van der Waals surface area contributed by atoms with Gasteiger partial charge in [0.2, 0.25) is 0 Å². The van der Waals surface area contributed by atoms with E-state index in [0.717, 1.165) is 0 Å². The van der Waals surface area contributed by atoms with Gasteiger partial charge in [0, 0.05) is 4.90 Å². The van der Waals surface area contributed by atoms with E-state index in [1.54, 1.807) is 13.2 Å². The Morgan fingerprint density at radius 3 is 2.46 bits per heavy atom. The molecule has 2 N–H and O–H groups in total. The molecule has 0 amide bonds. The second-order valence-electron chi connectivity index (χ2n) is 2.72. The molecule has 0 aliphatic carbocycles. The van der Waals surface area contributed by atoms with Crippen LogP contribution in [0.15, 0.2) is 17.0 Å². The first-order chi connectivity index (χ1) is 6.06. The van der Waals surface area contributed by atoms with E-state index in [1.165, 1.54) is 23.9 Å². The van der Waals surface area contributed by atoms with E-state index < -0.39 is 7.12 Å². The Morgan fingerprint density at radius 2 is 2.00 bits per heavy atom. The highest BCUT2D eigenvalue weighted by Crippen LogP contribution is 2.18. The quantitative estimate of drug-likeness (QED) is 0.540. The Hall–Kier alpha value is -0.515. The van der Waals surface area contributed by atoms with Crippen LogP contribution in [0, 0.1) is 12.7 Å². The fourth-order valence-corrected chi connectivity index (χ4v) is 1.60. The molecule has 13 heavy (non-hydrogen) atoms. The summed E-state index contributed by atoms with van der Waals surface area (Å²) in [4.78, 5) is 0.425. The van der Waals surface area contributed by atoms with E-state index in [9.17, 15) is 4.39 Å². The summed E-state index contributed by atoms with van der Waals surface area (Å²) < 4.78 is 13.1. The zero-order chi connectivity index (χ0) is 10.0. The predicted octanol–water partition coefficient (Wildman–Crippen LogP) is 0.536. The van der Waals surface area contributed by atoms with Crippen molar-refractivity contribution in [1.82, 2.24) is 0 Å². The molecule has 0 fully saturated rings. The SMILES string of the molecule is CSc1cc(B(O)O)c(C)cc1F. The van der Waals surface area contributed by atoms with Gasteiger partial charge in [0.15, 0.2) is 0 Å². The van der Waals surface area contributed by atoms with E-state index in [4.69, 9.17) is 10.0 Å². The molecule has 1 aromatic rings. The number of rotatable bonds is 2. The predicted molar refractivity (Wildman–Crippen MR) is 52.7 cm³/mol. The summed E-state index contributed by atoms with van der Waals surface area (Å²) in [7, 11) is -1.54. The number of benzene rings is 1. The molecule has 1 rings (SSSR count). The summed E-state index contributed by atoms with van der Waals surface area (Å²) in [6.07, 6.45) is 1.74. The Kier molecular flexibility index (Phi) is 3.36. The molecule has 2 nitrogen and oxygen atoms in total. The minimum absolute atomic E-state index is 0.325. The summed E-state index contributed by atoms with van der Waals surface area (Å²) in [5.74, 6) is -0.325. The average molecular weight is 200 g/mol. The van der Waals surface area contributed by atoms with Crippen LogP contribution in [-0.2, 0) is 0 Å². The Morgan fingerprint density at radius 1 is 1.38 bits per heavy atom. The molecule has 0 unspecified atom stereocenters. The van der Waals surface area contributed by atoms with Crippen molar-refractivity contribution in [3.63, 3.8) is 0 Å². The molecule has 0 aliphatic heterocycles. The lowest BCUT2D eigenvalue weighted by atomic mass is 9.77. The van der Waals surface area contributed by atoms with Crippen LogP contribution < -0.4 is 5.46 Å². The number of thioether (sulfide) groups is 1. The molecule has 5 heteroatoms. The summed E-state index contributed by atoms with van der Waals surface area (Å²) >= 11 is 1.24. The first-order valence-corrected chi connectivity index (χ1v) is 4.99. The van der Waals surface area contributed by atoms with Crippen LogP contribution in [0.3, 0.4) is 0 Å². The van der Waals surface area contributed by atoms with Crippen LogP contribution in [0.4, 0.5) is 4.39 Å². The molecule has 0 spiro atoms. The van der Waals surface area contributed by atoms with Gasteiger partial charge >= 0.3 is 7.12 Å². The minimum Gasteiger partial charge on any atom is -0.423 e. The molecule has 1 aromatic carbocycles. The van der Waals surface area contributed by atoms with Gasteiger partial charge in [-0.3, -0.25) is 0 Å². The summed E-state index contributed by atoms with van der Waals surface area (Å²) in [5, 5.41) is 17.9. The number of halogens is 1. The van der Waals surface area contributed by atoms with Crippen molar-refractivity contribution in [2.45, 2.75) is 11.8 Å². The van der Waals surface area contributed by atoms with Crippen molar-refractivity contribution in [1.29, 1.82) is 0 Å². The third-order valence-electron chi connectivity index (χ3n) is 1.82. The molecule has 70 valence electrons. The smallest absolute Gasteiger partial charge is 0.423 e. The van der Waals surface area contributed by atoms with Crippen molar-refractivity contribution in [2.24, 2.45) is 0 Å². The number of hydrogen-bond donors (Lipinski definition) is 2. The molecule has 0 saturated heterocycles. The highest BCUT2D eigenvalue weighted by molar-refractivity contribution is 7.98. The first-order valence-electron chi connectivity index (χ1n) is 3.76. The maximum absolute atomic E-state index is 13.1. The van der Waals surface area contributed by atoms with Gasteiger partial charge in [-0.05, 0) is 36.3 Å². The van der Waals surface area contributed by atoms with Crippen LogP contribution in [-0.4, -0.2) is 23.4 Å². The van der Waals surface area contributed by atoms with Crippen LogP contribution in [0.5, 0.6) is 0 Å². The number of aryl methyl sites for hydroxylation is 1. The maximum atomic E-state index is 13.1. The van der Waals surface area contributed by atoms with Crippen LogP contribution >= 0.6 is 11.8 Å².